The molecule has 1 aliphatic rings. The molecule has 1 aliphatic heterocycles. The zero-order valence-corrected chi connectivity index (χ0v) is 12.4. The van der Waals surface area contributed by atoms with Gasteiger partial charge < -0.3 is 4.74 Å². The summed E-state index contributed by atoms with van der Waals surface area (Å²) in [4.78, 5) is 0. The Balaban J connectivity index is 2.08. The van der Waals surface area contributed by atoms with Gasteiger partial charge in [-0.05, 0) is 29.7 Å². The Bertz CT molecular complexity index is 593. The topological polar surface area (TPSA) is 21.3 Å². The Morgan fingerprint density at radius 3 is 2.60 bits per heavy atom. The van der Waals surface area contributed by atoms with Crippen molar-refractivity contribution in [2.45, 2.75) is 51.8 Å². The van der Waals surface area contributed by atoms with Crippen LogP contribution in [0.25, 0.3) is 10.8 Å². The monoisotopic (exact) mass is 269 g/mol. The molecular weight excluding hydrogens is 246 g/mol. The largest absolute Gasteiger partial charge is 0.475 e. The van der Waals surface area contributed by atoms with Gasteiger partial charge in [0.05, 0.1) is 0 Å². The SMILES string of the molecule is CCCC1NC(CCC)c2c(ccc3ccccc23)O1. The summed E-state index contributed by atoms with van der Waals surface area (Å²) in [6.07, 6.45) is 4.69. The second-order valence-corrected chi connectivity index (χ2v) is 5.60. The third-order valence-corrected chi connectivity index (χ3v) is 4.06. The van der Waals surface area contributed by atoms with Gasteiger partial charge in [-0.3, -0.25) is 5.32 Å². The van der Waals surface area contributed by atoms with Crippen molar-refractivity contribution in [3.8, 4) is 5.75 Å². The summed E-state index contributed by atoms with van der Waals surface area (Å²) in [5.41, 5.74) is 1.34. The van der Waals surface area contributed by atoms with Crippen LogP contribution in [0.15, 0.2) is 36.4 Å². The lowest BCUT2D eigenvalue weighted by Crippen LogP contribution is -2.41. The average molecular weight is 269 g/mol. The normalized spacial score (nSPS) is 21.5. The van der Waals surface area contributed by atoms with E-state index < -0.39 is 0 Å². The number of rotatable bonds is 4. The first-order chi connectivity index (χ1) is 9.83. The lowest BCUT2D eigenvalue weighted by molar-refractivity contribution is 0.112. The first-order valence-electron chi connectivity index (χ1n) is 7.77. The molecule has 2 aromatic rings. The number of fused-ring (bicyclic) bond motifs is 3. The molecule has 0 aromatic heterocycles. The molecule has 3 rings (SSSR count). The number of ether oxygens (including phenoxy) is 1. The van der Waals surface area contributed by atoms with Gasteiger partial charge in [0.1, 0.15) is 5.75 Å². The maximum atomic E-state index is 6.15. The van der Waals surface area contributed by atoms with Gasteiger partial charge in [0, 0.05) is 11.6 Å². The molecular formula is C18H23NO. The van der Waals surface area contributed by atoms with Gasteiger partial charge in [-0.2, -0.15) is 0 Å². The van der Waals surface area contributed by atoms with Crippen LogP contribution < -0.4 is 10.1 Å². The summed E-state index contributed by atoms with van der Waals surface area (Å²) in [7, 11) is 0. The molecule has 0 fully saturated rings. The molecule has 0 saturated heterocycles. The van der Waals surface area contributed by atoms with Gasteiger partial charge >= 0.3 is 0 Å². The smallest absolute Gasteiger partial charge is 0.150 e. The second-order valence-electron chi connectivity index (χ2n) is 5.60. The first kappa shape index (κ1) is 13.4. The van der Waals surface area contributed by atoms with E-state index in [0.29, 0.717) is 6.04 Å². The van der Waals surface area contributed by atoms with E-state index in [1.165, 1.54) is 22.8 Å². The van der Waals surface area contributed by atoms with E-state index in [0.717, 1.165) is 25.0 Å². The minimum atomic E-state index is 0.158. The molecule has 2 nitrogen and oxygen atoms in total. The quantitative estimate of drug-likeness (QED) is 0.861. The molecule has 2 atom stereocenters. The van der Waals surface area contributed by atoms with Gasteiger partial charge in [-0.25, -0.2) is 0 Å². The average Bonchev–Trinajstić information content (AvgIpc) is 2.47. The fourth-order valence-electron chi connectivity index (χ4n) is 3.15. The Hall–Kier alpha value is -1.54. The van der Waals surface area contributed by atoms with E-state index in [4.69, 9.17) is 4.74 Å². The molecule has 0 aliphatic carbocycles. The van der Waals surface area contributed by atoms with Crippen LogP contribution >= 0.6 is 0 Å². The van der Waals surface area contributed by atoms with E-state index in [2.05, 4.69) is 55.6 Å². The Labute approximate surface area is 121 Å². The standard InChI is InChI=1S/C18H23NO/c1-3-7-15-18-14-10-6-5-9-13(14)11-12-16(18)20-17(19-15)8-4-2/h5-6,9-12,15,17,19H,3-4,7-8H2,1-2H3. The van der Waals surface area contributed by atoms with Crippen LogP contribution in [0.2, 0.25) is 0 Å². The number of hydrogen-bond acceptors (Lipinski definition) is 2. The Morgan fingerprint density at radius 1 is 1.00 bits per heavy atom. The van der Waals surface area contributed by atoms with Gasteiger partial charge in [-0.15, -0.1) is 0 Å². The molecule has 1 N–H and O–H groups in total. The highest BCUT2D eigenvalue weighted by molar-refractivity contribution is 5.88. The second kappa shape index (κ2) is 5.84. The van der Waals surface area contributed by atoms with Crippen LogP contribution in [0.4, 0.5) is 0 Å². The van der Waals surface area contributed by atoms with E-state index >= 15 is 0 Å². The van der Waals surface area contributed by atoms with Crippen LogP contribution in [0.1, 0.15) is 51.1 Å². The van der Waals surface area contributed by atoms with Crippen molar-refractivity contribution in [1.82, 2.24) is 5.32 Å². The van der Waals surface area contributed by atoms with Crippen LogP contribution in [-0.4, -0.2) is 6.23 Å². The molecule has 0 spiro atoms. The molecule has 0 radical (unpaired) electrons. The minimum Gasteiger partial charge on any atom is -0.475 e. The zero-order valence-electron chi connectivity index (χ0n) is 12.4. The summed E-state index contributed by atoms with van der Waals surface area (Å²) in [6, 6.07) is 13.3. The Kier molecular flexibility index (Phi) is 3.93. The molecule has 0 saturated carbocycles. The minimum absolute atomic E-state index is 0.158. The maximum absolute atomic E-state index is 6.15. The van der Waals surface area contributed by atoms with Gasteiger partial charge in [0.25, 0.3) is 0 Å². The number of hydrogen-bond donors (Lipinski definition) is 1. The Morgan fingerprint density at radius 2 is 1.80 bits per heavy atom. The highest BCUT2D eigenvalue weighted by atomic mass is 16.5. The molecule has 20 heavy (non-hydrogen) atoms. The molecule has 0 bridgehead atoms. The fraction of sp³-hybridized carbons (Fsp3) is 0.444. The third kappa shape index (κ3) is 2.40. The molecule has 0 amide bonds. The van der Waals surface area contributed by atoms with Gasteiger partial charge in [0.15, 0.2) is 6.23 Å². The van der Waals surface area contributed by atoms with Crippen LogP contribution in [0.3, 0.4) is 0 Å². The van der Waals surface area contributed by atoms with Crippen molar-refractivity contribution < 1.29 is 4.74 Å². The third-order valence-electron chi connectivity index (χ3n) is 4.06. The highest BCUT2D eigenvalue weighted by Gasteiger charge is 2.27. The number of nitrogens with one attached hydrogen (secondary N) is 1. The van der Waals surface area contributed by atoms with Crippen molar-refractivity contribution >= 4 is 10.8 Å². The molecule has 2 unspecified atom stereocenters. The van der Waals surface area contributed by atoms with Crippen molar-refractivity contribution in [3.05, 3.63) is 42.0 Å². The molecule has 2 aromatic carbocycles. The summed E-state index contributed by atoms with van der Waals surface area (Å²) in [5, 5.41) is 6.30. The summed E-state index contributed by atoms with van der Waals surface area (Å²) in [5.74, 6) is 1.07. The van der Waals surface area contributed by atoms with E-state index in [1.807, 2.05) is 0 Å². The predicted molar refractivity (Wildman–Crippen MR) is 84.1 cm³/mol. The first-order valence-corrected chi connectivity index (χ1v) is 7.77. The van der Waals surface area contributed by atoms with Crippen LogP contribution in [-0.2, 0) is 0 Å². The molecule has 2 heteroatoms. The van der Waals surface area contributed by atoms with Crippen LogP contribution in [0.5, 0.6) is 5.75 Å². The van der Waals surface area contributed by atoms with Gasteiger partial charge in [0.2, 0.25) is 0 Å². The zero-order chi connectivity index (χ0) is 13.9. The predicted octanol–water partition coefficient (Wildman–Crippen LogP) is 4.79. The van der Waals surface area contributed by atoms with Crippen molar-refractivity contribution in [2.75, 3.05) is 0 Å². The summed E-state index contributed by atoms with van der Waals surface area (Å²) >= 11 is 0. The summed E-state index contributed by atoms with van der Waals surface area (Å²) < 4.78 is 6.15. The molecule has 106 valence electrons. The van der Waals surface area contributed by atoms with E-state index in [-0.39, 0.29) is 6.23 Å². The van der Waals surface area contributed by atoms with Crippen molar-refractivity contribution in [3.63, 3.8) is 0 Å². The van der Waals surface area contributed by atoms with Crippen molar-refractivity contribution in [1.29, 1.82) is 0 Å². The lowest BCUT2D eigenvalue weighted by atomic mass is 9.93. The molecule has 1 heterocycles. The lowest BCUT2D eigenvalue weighted by Gasteiger charge is -2.34. The van der Waals surface area contributed by atoms with E-state index in [9.17, 15) is 0 Å². The maximum Gasteiger partial charge on any atom is 0.150 e. The fourth-order valence-corrected chi connectivity index (χ4v) is 3.15. The highest BCUT2D eigenvalue weighted by Crippen LogP contribution is 2.39. The van der Waals surface area contributed by atoms with Crippen LogP contribution in [0, 0.1) is 0 Å². The number of benzene rings is 2. The van der Waals surface area contributed by atoms with Gasteiger partial charge in [-0.1, -0.05) is 57.0 Å². The van der Waals surface area contributed by atoms with E-state index in [1.54, 1.807) is 0 Å². The van der Waals surface area contributed by atoms with Crippen molar-refractivity contribution in [2.24, 2.45) is 0 Å². The summed E-state index contributed by atoms with van der Waals surface area (Å²) in [6.45, 7) is 4.45.